The van der Waals surface area contributed by atoms with Crippen LogP contribution in [0.4, 0.5) is 0 Å². The molecule has 2 aromatic heterocycles. The van der Waals surface area contributed by atoms with Gasteiger partial charge < -0.3 is 14.2 Å². The Morgan fingerprint density at radius 1 is 1.17 bits per heavy atom. The summed E-state index contributed by atoms with van der Waals surface area (Å²) in [5.41, 5.74) is 0.901. The first kappa shape index (κ1) is 15.0. The zero-order chi connectivity index (χ0) is 16.4. The lowest BCUT2D eigenvalue weighted by Crippen LogP contribution is -2.29. The van der Waals surface area contributed by atoms with Crippen molar-refractivity contribution in [1.29, 1.82) is 0 Å². The Morgan fingerprint density at radius 2 is 2.00 bits per heavy atom. The fraction of sp³-hybridized carbons (Fsp3) is 0.235. The Balaban J connectivity index is 1.56. The van der Waals surface area contributed by atoms with Gasteiger partial charge in [-0.2, -0.15) is 0 Å². The van der Waals surface area contributed by atoms with Gasteiger partial charge in [-0.1, -0.05) is 30.3 Å². The normalized spacial score (nSPS) is 15.2. The zero-order valence-corrected chi connectivity index (χ0v) is 13.5. The number of amides is 1. The Bertz CT molecular complexity index is 813. The molecule has 0 saturated heterocycles. The lowest BCUT2D eigenvalue weighted by Gasteiger charge is -2.14. The summed E-state index contributed by atoms with van der Waals surface area (Å²) in [5, 5.41) is 10.9. The lowest BCUT2D eigenvalue weighted by atomic mass is 10.1. The average Bonchev–Trinajstić information content (AvgIpc) is 3.08. The minimum atomic E-state index is -0.434. The van der Waals surface area contributed by atoms with E-state index in [1.807, 2.05) is 30.3 Å². The molecule has 0 radical (unpaired) electrons. The van der Waals surface area contributed by atoms with E-state index in [0.29, 0.717) is 22.9 Å². The molecule has 0 bridgehead atoms. The molecule has 122 valence electrons. The quantitative estimate of drug-likeness (QED) is 0.692. The maximum Gasteiger partial charge on any atom is 0.284 e. The molecule has 0 unspecified atom stereocenters. The summed E-state index contributed by atoms with van der Waals surface area (Å²) in [4.78, 5) is 12.6. The van der Waals surface area contributed by atoms with Crippen LogP contribution in [0, 0.1) is 0 Å². The highest BCUT2D eigenvalue weighted by Gasteiger charge is 2.30. The Labute approximate surface area is 142 Å². The molecule has 1 aliphatic rings. The van der Waals surface area contributed by atoms with Crippen molar-refractivity contribution in [1.82, 2.24) is 15.5 Å². The molecule has 0 spiro atoms. The molecule has 1 aromatic carbocycles. The molecule has 1 N–H and O–H groups in total. The van der Waals surface area contributed by atoms with E-state index in [2.05, 4.69) is 15.5 Å². The number of hydrogen-bond acceptors (Lipinski definition) is 6. The maximum atomic E-state index is 12.6. The summed E-state index contributed by atoms with van der Waals surface area (Å²) >= 11 is 1.24. The van der Waals surface area contributed by atoms with Crippen LogP contribution in [0.3, 0.4) is 0 Å². The van der Waals surface area contributed by atoms with E-state index in [0.717, 1.165) is 18.4 Å². The number of nitrogens with one attached hydrogen (secondary N) is 1. The second-order valence-electron chi connectivity index (χ2n) is 5.54. The Kier molecular flexibility index (Phi) is 4.08. The van der Waals surface area contributed by atoms with Crippen LogP contribution in [-0.4, -0.2) is 22.1 Å². The second kappa shape index (κ2) is 6.52. The number of nitrogens with zero attached hydrogens (tertiary/aromatic N) is 2. The lowest BCUT2D eigenvalue weighted by molar-refractivity contribution is -0.120. The molecule has 0 aliphatic heterocycles. The SMILES string of the molecule is O=C(NC1CC1)[C@H](Sc1nnc(-c2ccco2)o1)c1ccccc1. The molecule has 1 fully saturated rings. The smallest absolute Gasteiger partial charge is 0.284 e. The number of carbonyl (C=O) groups excluding carboxylic acids is 1. The zero-order valence-electron chi connectivity index (χ0n) is 12.7. The standard InChI is InChI=1S/C17H15N3O3S/c21-15(18-12-8-9-12)14(11-5-2-1-3-6-11)24-17-20-19-16(23-17)13-7-4-10-22-13/h1-7,10,12,14H,8-9H2,(H,18,21)/t14-/m1/s1. The number of thioether (sulfide) groups is 1. The predicted molar refractivity (Wildman–Crippen MR) is 88.2 cm³/mol. The summed E-state index contributed by atoms with van der Waals surface area (Å²) < 4.78 is 10.9. The topological polar surface area (TPSA) is 81.2 Å². The molecule has 4 rings (SSSR count). The third kappa shape index (κ3) is 3.35. The van der Waals surface area contributed by atoms with Crippen molar-refractivity contribution in [3.63, 3.8) is 0 Å². The van der Waals surface area contributed by atoms with Crippen LogP contribution >= 0.6 is 11.8 Å². The molecule has 2 heterocycles. The molecule has 1 saturated carbocycles. The van der Waals surface area contributed by atoms with Gasteiger partial charge in [0.05, 0.1) is 6.26 Å². The van der Waals surface area contributed by atoms with Crippen molar-refractivity contribution < 1.29 is 13.6 Å². The monoisotopic (exact) mass is 341 g/mol. The van der Waals surface area contributed by atoms with Crippen LogP contribution in [0.1, 0.15) is 23.7 Å². The number of benzene rings is 1. The van der Waals surface area contributed by atoms with E-state index in [-0.39, 0.29) is 5.91 Å². The van der Waals surface area contributed by atoms with Gasteiger partial charge in [0, 0.05) is 6.04 Å². The third-order valence-electron chi connectivity index (χ3n) is 3.62. The van der Waals surface area contributed by atoms with E-state index in [9.17, 15) is 4.79 Å². The van der Waals surface area contributed by atoms with Gasteiger partial charge in [0.15, 0.2) is 5.76 Å². The van der Waals surface area contributed by atoms with Crippen LogP contribution < -0.4 is 5.32 Å². The second-order valence-corrected chi connectivity index (χ2v) is 6.60. The van der Waals surface area contributed by atoms with Gasteiger partial charge in [0.25, 0.3) is 11.1 Å². The van der Waals surface area contributed by atoms with Crippen molar-refractivity contribution >= 4 is 17.7 Å². The average molecular weight is 341 g/mol. The summed E-state index contributed by atoms with van der Waals surface area (Å²) in [7, 11) is 0. The third-order valence-corrected chi connectivity index (χ3v) is 4.71. The van der Waals surface area contributed by atoms with Gasteiger partial charge in [-0.25, -0.2) is 0 Å². The van der Waals surface area contributed by atoms with Crippen molar-refractivity contribution in [2.45, 2.75) is 29.4 Å². The highest BCUT2D eigenvalue weighted by molar-refractivity contribution is 8.00. The molecule has 3 aromatic rings. The molecule has 6 nitrogen and oxygen atoms in total. The van der Waals surface area contributed by atoms with Crippen LogP contribution in [0.25, 0.3) is 11.7 Å². The van der Waals surface area contributed by atoms with E-state index in [1.54, 1.807) is 18.4 Å². The Hall–Kier alpha value is -2.54. The molecule has 1 aliphatic carbocycles. The summed E-state index contributed by atoms with van der Waals surface area (Å²) in [6.07, 6.45) is 3.63. The van der Waals surface area contributed by atoms with E-state index in [4.69, 9.17) is 8.83 Å². The van der Waals surface area contributed by atoms with Crippen molar-refractivity contribution in [2.75, 3.05) is 0 Å². The molecule has 24 heavy (non-hydrogen) atoms. The summed E-state index contributed by atoms with van der Waals surface area (Å²) in [6, 6.07) is 13.4. The molecular formula is C17H15N3O3S. The van der Waals surface area contributed by atoms with Crippen molar-refractivity contribution in [3.8, 4) is 11.7 Å². The van der Waals surface area contributed by atoms with Gasteiger partial charge in [0.1, 0.15) is 5.25 Å². The van der Waals surface area contributed by atoms with Crippen LogP contribution in [-0.2, 0) is 4.79 Å². The van der Waals surface area contributed by atoms with E-state index < -0.39 is 5.25 Å². The van der Waals surface area contributed by atoms with Gasteiger partial charge in [0.2, 0.25) is 5.91 Å². The van der Waals surface area contributed by atoms with Crippen LogP contribution in [0.15, 0.2) is 62.8 Å². The molecular weight excluding hydrogens is 326 g/mol. The highest BCUT2D eigenvalue weighted by atomic mass is 32.2. The predicted octanol–water partition coefficient (Wildman–Crippen LogP) is 3.44. The largest absolute Gasteiger partial charge is 0.459 e. The fourth-order valence-corrected chi connectivity index (χ4v) is 3.15. The first-order chi connectivity index (χ1) is 11.8. The van der Waals surface area contributed by atoms with E-state index >= 15 is 0 Å². The van der Waals surface area contributed by atoms with Gasteiger partial charge in [-0.05, 0) is 42.3 Å². The first-order valence-electron chi connectivity index (χ1n) is 7.69. The van der Waals surface area contributed by atoms with Crippen LogP contribution in [0.5, 0.6) is 0 Å². The highest BCUT2D eigenvalue weighted by Crippen LogP contribution is 2.36. The number of carbonyl (C=O) groups is 1. The van der Waals surface area contributed by atoms with E-state index in [1.165, 1.54) is 11.8 Å². The minimum absolute atomic E-state index is 0.0357. The number of aromatic nitrogens is 2. The summed E-state index contributed by atoms with van der Waals surface area (Å²) in [5.74, 6) is 0.774. The number of hydrogen-bond donors (Lipinski definition) is 1. The van der Waals surface area contributed by atoms with Crippen LogP contribution in [0.2, 0.25) is 0 Å². The summed E-state index contributed by atoms with van der Waals surface area (Å²) in [6.45, 7) is 0. The van der Waals surface area contributed by atoms with Crippen molar-refractivity contribution in [2.24, 2.45) is 0 Å². The Morgan fingerprint density at radius 3 is 2.71 bits per heavy atom. The van der Waals surface area contributed by atoms with Gasteiger partial charge in [-0.3, -0.25) is 4.79 Å². The number of rotatable bonds is 6. The fourth-order valence-electron chi connectivity index (χ4n) is 2.26. The minimum Gasteiger partial charge on any atom is -0.459 e. The molecule has 1 amide bonds. The van der Waals surface area contributed by atoms with Gasteiger partial charge >= 0.3 is 0 Å². The maximum absolute atomic E-state index is 12.6. The number of furan rings is 1. The molecule has 7 heteroatoms. The van der Waals surface area contributed by atoms with Gasteiger partial charge in [-0.15, -0.1) is 10.2 Å². The van der Waals surface area contributed by atoms with Crippen molar-refractivity contribution in [3.05, 3.63) is 54.3 Å². The first-order valence-corrected chi connectivity index (χ1v) is 8.57. The molecule has 1 atom stereocenters.